The van der Waals surface area contributed by atoms with E-state index in [-0.39, 0.29) is 9.79 Å². The van der Waals surface area contributed by atoms with Crippen molar-refractivity contribution in [1.82, 2.24) is 0 Å². The third-order valence-corrected chi connectivity index (χ3v) is 6.05. The number of ether oxygens (including phenoxy) is 2. The Labute approximate surface area is 188 Å². The molecule has 162 valence electrons. The van der Waals surface area contributed by atoms with E-state index in [0.29, 0.717) is 23.0 Å². The summed E-state index contributed by atoms with van der Waals surface area (Å²) in [6, 6.07) is 27.2. The zero-order chi connectivity index (χ0) is 22.5. The normalized spacial score (nSPS) is 10.9. The zero-order valence-corrected chi connectivity index (χ0v) is 18.4. The molecule has 4 aromatic rings. The van der Waals surface area contributed by atoms with E-state index in [1.807, 2.05) is 42.5 Å². The highest BCUT2D eigenvalue weighted by Crippen LogP contribution is 2.42. The summed E-state index contributed by atoms with van der Waals surface area (Å²) >= 11 is 0. The van der Waals surface area contributed by atoms with Crippen LogP contribution in [0.3, 0.4) is 0 Å². The van der Waals surface area contributed by atoms with Gasteiger partial charge in [-0.1, -0.05) is 42.5 Å². The molecule has 0 unspecified atom stereocenters. The molecule has 0 radical (unpaired) electrons. The van der Waals surface area contributed by atoms with Crippen molar-refractivity contribution in [2.75, 3.05) is 0 Å². The Morgan fingerprint density at radius 1 is 0.500 bits per heavy atom. The highest BCUT2D eigenvalue weighted by atomic mass is 32.2. The van der Waals surface area contributed by atoms with E-state index in [1.165, 1.54) is 24.3 Å². The molecular formula is C24H18O6S2. The van der Waals surface area contributed by atoms with Crippen LogP contribution in [0.1, 0.15) is 0 Å². The van der Waals surface area contributed by atoms with Crippen LogP contribution in [-0.2, 0) is 21.4 Å². The van der Waals surface area contributed by atoms with Gasteiger partial charge in [-0.3, -0.25) is 0 Å². The lowest BCUT2D eigenvalue weighted by molar-refractivity contribution is 0.419. The van der Waals surface area contributed by atoms with Crippen LogP contribution >= 0.6 is 0 Å². The first-order valence-corrected chi connectivity index (χ1v) is 11.9. The SMILES string of the molecule is O=[SH](=O)c1ccc(Oc2cccc(-c3ccccc3)c2Oc2ccc([SH](=O)=O)cc2)cc1. The van der Waals surface area contributed by atoms with Gasteiger partial charge in [-0.25, -0.2) is 16.8 Å². The Balaban J connectivity index is 1.75. The molecule has 6 nitrogen and oxygen atoms in total. The molecule has 0 atom stereocenters. The maximum atomic E-state index is 11.2. The van der Waals surface area contributed by atoms with Crippen molar-refractivity contribution in [3.05, 3.63) is 97.1 Å². The fourth-order valence-corrected chi connectivity index (χ4v) is 3.85. The minimum Gasteiger partial charge on any atom is -0.453 e. The molecule has 0 aromatic heterocycles. The molecule has 0 amide bonds. The van der Waals surface area contributed by atoms with Gasteiger partial charge in [0.2, 0.25) is 0 Å². The van der Waals surface area contributed by atoms with Crippen molar-refractivity contribution in [3.63, 3.8) is 0 Å². The molecule has 0 N–H and O–H groups in total. The molecular weight excluding hydrogens is 448 g/mol. The number of benzene rings is 4. The minimum atomic E-state index is -2.68. The maximum absolute atomic E-state index is 11.2. The van der Waals surface area contributed by atoms with Gasteiger partial charge in [0.1, 0.15) is 11.5 Å². The molecule has 32 heavy (non-hydrogen) atoms. The second-order valence-corrected chi connectivity index (χ2v) is 8.77. The summed E-state index contributed by atoms with van der Waals surface area (Å²) in [6.07, 6.45) is 0. The van der Waals surface area contributed by atoms with E-state index in [1.54, 1.807) is 30.3 Å². The van der Waals surface area contributed by atoms with Crippen LogP contribution in [0.25, 0.3) is 11.1 Å². The molecule has 0 bridgehead atoms. The molecule has 0 aliphatic carbocycles. The van der Waals surface area contributed by atoms with Gasteiger partial charge in [-0.15, -0.1) is 0 Å². The summed E-state index contributed by atoms with van der Waals surface area (Å²) in [5, 5.41) is 0. The number of hydrogen-bond donors (Lipinski definition) is 2. The molecule has 4 rings (SSSR count). The van der Waals surface area contributed by atoms with Crippen molar-refractivity contribution in [1.29, 1.82) is 0 Å². The Morgan fingerprint density at radius 3 is 1.56 bits per heavy atom. The molecule has 0 saturated heterocycles. The Kier molecular flexibility index (Phi) is 6.53. The zero-order valence-electron chi connectivity index (χ0n) is 16.6. The van der Waals surface area contributed by atoms with Crippen LogP contribution in [0.4, 0.5) is 0 Å². The first-order valence-electron chi connectivity index (χ1n) is 9.54. The summed E-state index contributed by atoms with van der Waals surface area (Å²) in [4.78, 5) is 0.385. The first-order chi connectivity index (χ1) is 15.5. The van der Waals surface area contributed by atoms with Crippen molar-refractivity contribution in [2.24, 2.45) is 0 Å². The largest absolute Gasteiger partial charge is 0.453 e. The average molecular weight is 467 g/mol. The fraction of sp³-hybridized carbons (Fsp3) is 0. The first kappa shape index (κ1) is 21.6. The predicted molar refractivity (Wildman–Crippen MR) is 122 cm³/mol. The summed E-state index contributed by atoms with van der Waals surface area (Å²) in [5.41, 5.74) is 1.69. The van der Waals surface area contributed by atoms with Crippen molar-refractivity contribution < 1.29 is 26.3 Å². The predicted octanol–water partition coefficient (Wildman–Crippen LogP) is 4.88. The third-order valence-electron chi connectivity index (χ3n) is 4.61. The van der Waals surface area contributed by atoms with Crippen LogP contribution in [0.2, 0.25) is 0 Å². The maximum Gasteiger partial charge on any atom is 0.177 e. The smallest absolute Gasteiger partial charge is 0.177 e. The van der Waals surface area contributed by atoms with Gasteiger partial charge in [-0.2, -0.15) is 0 Å². The lowest BCUT2D eigenvalue weighted by Gasteiger charge is -2.16. The van der Waals surface area contributed by atoms with E-state index in [9.17, 15) is 16.8 Å². The molecule has 0 spiro atoms. The molecule has 0 fully saturated rings. The topological polar surface area (TPSA) is 86.7 Å². The summed E-state index contributed by atoms with van der Waals surface area (Å²) in [6.45, 7) is 0. The quantitative estimate of drug-likeness (QED) is 0.378. The van der Waals surface area contributed by atoms with Crippen molar-refractivity contribution in [3.8, 4) is 34.1 Å². The summed E-state index contributed by atoms with van der Waals surface area (Å²) in [7, 11) is -5.35. The van der Waals surface area contributed by atoms with E-state index < -0.39 is 21.4 Å². The molecule has 8 heteroatoms. The molecule has 0 aliphatic heterocycles. The van der Waals surface area contributed by atoms with Gasteiger partial charge in [-0.05, 0) is 60.2 Å². The van der Waals surface area contributed by atoms with Crippen molar-refractivity contribution >= 4 is 21.4 Å². The van der Waals surface area contributed by atoms with Crippen LogP contribution in [0, 0.1) is 0 Å². The van der Waals surface area contributed by atoms with Crippen LogP contribution < -0.4 is 9.47 Å². The van der Waals surface area contributed by atoms with Gasteiger partial charge >= 0.3 is 0 Å². The number of hydrogen-bond acceptors (Lipinski definition) is 6. The van der Waals surface area contributed by atoms with Crippen LogP contribution in [0.5, 0.6) is 23.0 Å². The molecule has 0 saturated carbocycles. The van der Waals surface area contributed by atoms with E-state index in [4.69, 9.17) is 9.47 Å². The highest BCUT2D eigenvalue weighted by molar-refractivity contribution is 7.72. The summed E-state index contributed by atoms with van der Waals surface area (Å²) in [5.74, 6) is 1.75. The number of para-hydroxylation sites is 1. The second-order valence-electron chi connectivity index (χ2n) is 6.71. The third kappa shape index (κ3) is 4.99. The minimum absolute atomic E-state index is 0.192. The van der Waals surface area contributed by atoms with E-state index in [2.05, 4.69) is 0 Å². The van der Waals surface area contributed by atoms with Gasteiger partial charge in [0.25, 0.3) is 0 Å². The lowest BCUT2D eigenvalue weighted by atomic mass is 10.0. The second kappa shape index (κ2) is 9.67. The summed E-state index contributed by atoms with van der Waals surface area (Å²) < 4.78 is 56.8. The fourth-order valence-electron chi connectivity index (χ4n) is 3.06. The monoisotopic (exact) mass is 466 g/mol. The standard InChI is InChI=1S/C24H18O6S2/c25-31(26)20-13-9-18(10-14-20)29-23-8-4-7-22(17-5-2-1-3-6-17)24(23)30-19-11-15-21(16-12-19)32(27)28/h1-16,31-32H. The number of rotatable bonds is 7. The van der Waals surface area contributed by atoms with Gasteiger partial charge < -0.3 is 9.47 Å². The van der Waals surface area contributed by atoms with Crippen LogP contribution in [-0.4, -0.2) is 16.8 Å². The highest BCUT2D eigenvalue weighted by Gasteiger charge is 2.15. The Bertz CT molecular complexity index is 1360. The molecule has 4 aromatic carbocycles. The molecule has 0 aliphatic rings. The van der Waals surface area contributed by atoms with E-state index in [0.717, 1.165) is 11.1 Å². The van der Waals surface area contributed by atoms with Gasteiger partial charge in [0, 0.05) is 5.56 Å². The number of thiol groups is 2. The average Bonchev–Trinajstić information content (AvgIpc) is 2.81. The molecule has 0 heterocycles. The van der Waals surface area contributed by atoms with Crippen molar-refractivity contribution in [2.45, 2.75) is 9.79 Å². The Hall–Kier alpha value is -3.62. The van der Waals surface area contributed by atoms with E-state index >= 15 is 0 Å². The lowest BCUT2D eigenvalue weighted by Crippen LogP contribution is -1.94. The Morgan fingerprint density at radius 2 is 1.03 bits per heavy atom. The van der Waals surface area contributed by atoms with Crippen LogP contribution in [0.15, 0.2) is 107 Å². The van der Waals surface area contributed by atoms with Gasteiger partial charge in [0.05, 0.1) is 9.79 Å². The van der Waals surface area contributed by atoms with Gasteiger partial charge in [0.15, 0.2) is 32.9 Å².